The van der Waals surface area contributed by atoms with Gasteiger partial charge in [0.2, 0.25) is 0 Å². The normalized spacial score (nSPS) is 11.9. The molecule has 0 radical (unpaired) electrons. The van der Waals surface area contributed by atoms with Gasteiger partial charge in [-0.15, -0.1) is 0 Å². The molecule has 0 aromatic carbocycles. The van der Waals surface area contributed by atoms with Gasteiger partial charge in [-0.2, -0.15) is 0 Å². The standard InChI is InChI=1S/C13H29O3P.C12H27O3P/c1-2-3-4-5-6-7-8-9-10-11-12-13-17(14,15)16;1-2-3-4-5-6-7-8-9-10-11-12-16(13,14)15/h2-13H2,1H3,(H2,14,15,16);2-12H2,1H3,(H2,13,14,15). The van der Waals surface area contributed by atoms with Crippen molar-refractivity contribution in [2.45, 2.75) is 149 Å². The van der Waals surface area contributed by atoms with Crippen LogP contribution in [0.4, 0.5) is 0 Å². The molecular formula is C25H56O6P2. The Balaban J connectivity index is 0. The van der Waals surface area contributed by atoms with E-state index < -0.39 is 15.2 Å². The molecule has 8 heteroatoms. The Hall–Kier alpha value is 0.300. The average molecular weight is 515 g/mol. The van der Waals surface area contributed by atoms with Crippen molar-refractivity contribution in [3.05, 3.63) is 0 Å². The van der Waals surface area contributed by atoms with E-state index in [-0.39, 0.29) is 12.3 Å². The topological polar surface area (TPSA) is 115 Å². The lowest BCUT2D eigenvalue weighted by atomic mass is 10.1. The number of hydrogen-bond acceptors (Lipinski definition) is 2. The molecule has 0 heterocycles. The smallest absolute Gasteiger partial charge is 0.324 e. The van der Waals surface area contributed by atoms with Gasteiger partial charge in [-0.3, -0.25) is 9.13 Å². The van der Waals surface area contributed by atoms with Crippen LogP contribution in [0.25, 0.3) is 0 Å². The van der Waals surface area contributed by atoms with Crippen LogP contribution in [-0.4, -0.2) is 31.9 Å². The van der Waals surface area contributed by atoms with E-state index in [9.17, 15) is 9.13 Å². The molecule has 0 saturated carbocycles. The summed E-state index contributed by atoms with van der Waals surface area (Å²) in [5.74, 6) is 0. The SMILES string of the molecule is CCCCCCCCCCCCCP(=O)(O)O.CCCCCCCCCCCCP(=O)(O)O. The highest BCUT2D eigenvalue weighted by molar-refractivity contribution is 7.52. The molecule has 0 aromatic rings. The van der Waals surface area contributed by atoms with Crippen molar-refractivity contribution in [1.82, 2.24) is 0 Å². The van der Waals surface area contributed by atoms with Gasteiger partial charge >= 0.3 is 15.2 Å². The summed E-state index contributed by atoms with van der Waals surface area (Å²) in [4.78, 5) is 34.6. The van der Waals surface area contributed by atoms with Gasteiger partial charge in [0.15, 0.2) is 0 Å². The molecule has 0 spiro atoms. The van der Waals surface area contributed by atoms with Gasteiger partial charge in [-0.1, -0.05) is 136 Å². The molecule has 0 aromatic heterocycles. The van der Waals surface area contributed by atoms with Crippen molar-refractivity contribution in [3.63, 3.8) is 0 Å². The maximum absolute atomic E-state index is 10.6. The fourth-order valence-corrected chi connectivity index (χ4v) is 5.06. The summed E-state index contributed by atoms with van der Waals surface area (Å²) in [5.41, 5.74) is 0. The second kappa shape index (κ2) is 25.4. The maximum Gasteiger partial charge on any atom is 0.325 e. The van der Waals surface area contributed by atoms with Crippen molar-refractivity contribution in [2.24, 2.45) is 0 Å². The Labute approximate surface area is 205 Å². The molecule has 0 fully saturated rings. The Morgan fingerprint density at radius 1 is 0.364 bits per heavy atom. The van der Waals surface area contributed by atoms with E-state index in [2.05, 4.69) is 13.8 Å². The average Bonchev–Trinajstić information content (AvgIpc) is 2.72. The minimum atomic E-state index is -3.74. The maximum atomic E-state index is 10.6. The quantitative estimate of drug-likeness (QED) is 0.0802. The molecule has 6 nitrogen and oxygen atoms in total. The first-order chi connectivity index (χ1) is 15.6. The van der Waals surface area contributed by atoms with Crippen LogP contribution in [0.15, 0.2) is 0 Å². The van der Waals surface area contributed by atoms with Gasteiger partial charge in [0.25, 0.3) is 0 Å². The van der Waals surface area contributed by atoms with Gasteiger partial charge in [-0.25, -0.2) is 0 Å². The third-order valence-corrected chi connectivity index (χ3v) is 7.65. The lowest BCUT2D eigenvalue weighted by molar-refractivity contribution is 0.368. The van der Waals surface area contributed by atoms with Crippen molar-refractivity contribution in [3.8, 4) is 0 Å². The molecule has 4 N–H and O–H groups in total. The second-order valence-corrected chi connectivity index (χ2v) is 13.0. The van der Waals surface area contributed by atoms with E-state index in [4.69, 9.17) is 19.6 Å². The van der Waals surface area contributed by atoms with Crippen LogP contribution in [0.2, 0.25) is 0 Å². The van der Waals surface area contributed by atoms with Crippen LogP contribution in [0.5, 0.6) is 0 Å². The second-order valence-electron chi connectivity index (χ2n) is 9.49. The van der Waals surface area contributed by atoms with Crippen LogP contribution in [0.1, 0.15) is 149 Å². The summed E-state index contributed by atoms with van der Waals surface area (Å²) >= 11 is 0. The Bertz CT molecular complexity index is 476. The molecule has 0 aliphatic carbocycles. The van der Waals surface area contributed by atoms with E-state index in [1.54, 1.807) is 0 Å². The minimum absolute atomic E-state index is 0.0590. The zero-order chi connectivity index (χ0) is 25.3. The largest absolute Gasteiger partial charge is 0.325 e. The summed E-state index contributed by atoms with van der Waals surface area (Å²) in [7, 11) is -7.48. The van der Waals surface area contributed by atoms with Crippen LogP contribution in [0, 0.1) is 0 Å². The highest BCUT2D eigenvalue weighted by Crippen LogP contribution is 2.36. The summed E-state index contributed by atoms with van der Waals surface area (Å²) in [6, 6.07) is 0. The molecule has 0 aliphatic heterocycles. The molecule has 0 unspecified atom stereocenters. The Kier molecular flexibility index (Phi) is 27.3. The fraction of sp³-hybridized carbons (Fsp3) is 1.00. The first-order valence-corrected chi connectivity index (χ1v) is 17.3. The van der Waals surface area contributed by atoms with Gasteiger partial charge in [0, 0.05) is 12.3 Å². The zero-order valence-corrected chi connectivity index (χ0v) is 23.6. The molecule has 0 amide bonds. The van der Waals surface area contributed by atoms with Crippen molar-refractivity contribution in [2.75, 3.05) is 12.3 Å². The van der Waals surface area contributed by atoms with Gasteiger partial charge < -0.3 is 19.6 Å². The van der Waals surface area contributed by atoms with Crippen molar-refractivity contribution >= 4 is 15.2 Å². The van der Waals surface area contributed by atoms with Gasteiger partial charge in [0.05, 0.1) is 0 Å². The van der Waals surface area contributed by atoms with Crippen LogP contribution >= 0.6 is 15.2 Å². The van der Waals surface area contributed by atoms with Gasteiger partial charge in [-0.05, 0) is 12.8 Å². The summed E-state index contributed by atoms with van der Waals surface area (Å²) in [6.07, 6.45) is 25.3. The predicted octanol–water partition coefficient (Wildman–Crippen LogP) is 8.56. The first-order valence-electron chi connectivity index (χ1n) is 13.7. The third-order valence-electron chi connectivity index (χ3n) is 5.86. The third kappa shape index (κ3) is 39.8. The zero-order valence-electron chi connectivity index (χ0n) is 21.8. The van der Waals surface area contributed by atoms with Crippen LogP contribution in [-0.2, 0) is 9.13 Å². The molecule has 0 bridgehead atoms. The predicted molar refractivity (Wildman–Crippen MR) is 142 cm³/mol. The molecule has 0 atom stereocenters. The van der Waals surface area contributed by atoms with E-state index in [0.717, 1.165) is 25.7 Å². The molecule has 202 valence electrons. The summed E-state index contributed by atoms with van der Waals surface area (Å²) < 4.78 is 21.1. The van der Waals surface area contributed by atoms with E-state index >= 15 is 0 Å². The summed E-state index contributed by atoms with van der Waals surface area (Å²) in [5, 5.41) is 0. The Morgan fingerprint density at radius 2 is 0.545 bits per heavy atom. The number of unbranched alkanes of at least 4 members (excludes halogenated alkanes) is 19. The van der Waals surface area contributed by atoms with Crippen LogP contribution in [0.3, 0.4) is 0 Å². The lowest BCUT2D eigenvalue weighted by Crippen LogP contribution is -1.88. The molecule has 0 aliphatic rings. The van der Waals surface area contributed by atoms with E-state index in [1.807, 2.05) is 0 Å². The lowest BCUT2D eigenvalue weighted by Gasteiger charge is -2.04. The molecule has 0 saturated heterocycles. The highest BCUT2D eigenvalue weighted by atomic mass is 31.2. The monoisotopic (exact) mass is 514 g/mol. The van der Waals surface area contributed by atoms with E-state index in [1.165, 1.54) is 96.3 Å². The Morgan fingerprint density at radius 3 is 0.727 bits per heavy atom. The fourth-order valence-electron chi connectivity index (χ4n) is 3.79. The van der Waals surface area contributed by atoms with E-state index in [0.29, 0.717) is 12.8 Å². The van der Waals surface area contributed by atoms with Gasteiger partial charge in [0.1, 0.15) is 0 Å². The highest BCUT2D eigenvalue weighted by Gasteiger charge is 2.11. The number of rotatable bonds is 23. The number of hydrogen-bond donors (Lipinski definition) is 4. The summed E-state index contributed by atoms with van der Waals surface area (Å²) in [6.45, 7) is 4.46. The minimum Gasteiger partial charge on any atom is -0.324 e. The molecular weight excluding hydrogens is 458 g/mol. The first kappa shape index (κ1) is 35.5. The molecule has 33 heavy (non-hydrogen) atoms. The van der Waals surface area contributed by atoms with Crippen molar-refractivity contribution in [1.29, 1.82) is 0 Å². The van der Waals surface area contributed by atoms with Crippen LogP contribution < -0.4 is 0 Å². The molecule has 0 rings (SSSR count). The van der Waals surface area contributed by atoms with Crippen molar-refractivity contribution < 1.29 is 28.7 Å².